The summed E-state index contributed by atoms with van der Waals surface area (Å²) in [6.45, 7) is 9.67. The Labute approximate surface area is 122 Å². The molecule has 1 saturated heterocycles. The smallest absolute Gasteiger partial charge is 0.118 e. The van der Waals surface area contributed by atoms with Crippen LogP contribution in [0.3, 0.4) is 0 Å². The normalized spacial score (nSPS) is 20.6. The number of benzene rings is 1. The summed E-state index contributed by atoms with van der Waals surface area (Å²) in [6, 6.07) is 7.84. The van der Waals surface area contributed by atoms with Crippen LogP contribution in [-0.2, 0) is 0 Å². The van der Waals surface area contributed by atoms with Crippen molar-refractivity contribution in [3.63, 3.8) is 0 Å². The Hall–Kier alpha value is -1.10. The topological polar surface area (TPSA) is 35.9 Å². The van der Waals surface area contributed by atoms with Gasteiger partial charge in [-0.05, 0) is 31.2 Å². The maximum Gasteiger partial charge on any atom is 0.118 e. The highest BCUT2D eigenvalue weighted by Gasteiger charge is 2.26. The van der Waals surface area contributed by atoms with Gasteiger partial charge in [-0.2, -0.15) is 0 Å². The van der Waals surface area contributed by atoms with Gasteiger partial charge in [-0.25, -0.2) is 0 Å². The van der Waals surface area contributed by atoms with Crippen LogP contribution in [0.4, 0.5) is 0 Å². The molecule has 0 aromatic heterocycles. The molecule has 2 unspecified atom stereocenters. The van der Waals surface area contributed by atoms with Crippen molar-refractivity contribution >= 4 is 0 Å². The third kappa shape index (κ3) is 3.51. The van der Waals surface area contributed by atoms with Crippen molar-refractivity contribution in [2.24, 2.45) is 0 Å². The van der Waals surface area contributed by atoms with Crippen molar-refractivity contribution in [1.82, 2.24) is 9.80 Å². The van der Waals surface area contributed by atoms with Gasteiger partial charge < -0.3 is 14.7 Å². The number of hydrogen-bond acceptors (Lipinski definition) is 4. The van der Waals surface area contributed by atoms with Gasteiger partial charge in [0, 0.05) is 32.2 Å². The summed E-state index contributed by atoms with van der Waals surface area (Å²) in [5.41, 5.74) is 0.955. The van der Waals surface area contributed by atoms with E-state index in [0.29, 0.717) is 0 Å². The molecule has 1 fully saturated rings. The molecule has 1 heterocycles. The fourth-order valence-corrected chi connectivity index (χ4v) is 2.77. The number of aliphatic hydroxyl groups excluding tert-OH is 1. The van der Waals surface area contributed by atoms with E-state index in [9.17, 15) is 5.11 Å². The first kappa shape index (κ1) is 15.3. The number of aliphatic hydroxyl groups is 1. The minimum Gasteiger partial charge on any atom is -0.497 e. The highest BCUT2D eigenvalue weighted by atomic mass is 16.5. The van der Waals surface area contributed by atoms with Gasteiger partial charge in [0.1, 0.15) is 5.75 Å². The van der Waals surface area contributed by atoms with Crippen molar-refractivity contribution in [2.45, 2.75) is 26.0 Å². The Bertz CT molecular complexity index is 399. The molecular formula is C16H26N2O2. The third-order valence-electron chi connectivity index (χ3n) is 4.34. The Morgan fingerprint density at radius 3 is 2.25 bits per heavy atom. The molecule has 1 aliphatic heterocycles. The van der Waals surface area contributed by atoms with Gasteiger partial charge in [-0.1, -0.05) is 19.1 Å². The molecule has 0 bridgehead atoms. The summed E-state index contributed by atoms with van der Waals surface area (Å²) in [6.07, 6.45) is -0.450. The Kier molecular flexibility index (Phi) is 5.40. The van der Waals surface area contributed by atoms with Crippen molar-refractivity contribution in [3.8, 4) is 5.75 Å². The van der Waals surface area contributed by atoms with Gasteiger partial charge in [-0.3, -0.25) is 4.90 Å². The number of piperazine rings is 1. The molecule has 2 rings (SSSR count). The number of hydrogen-bond donors (Lipinski definition) is 1. The molecule has 2 atom stereocenters. The predicted molar refractivity (Wildman–Crippen MR) is 81.1 cm³/mol. The van der Waals surface area contributed by atoms with Crippen LogP contribution in [0, 0.1) is 0 Å². The van der Waals surface area contributed by atoms with Crippen LogP contribution in [0.2, 0.25) is 0 Å². The molecule has 4 nitrogen and oxygen atoms in total. The lowest BCUT2D eigenvalue weighted by molar-refractivity contribution is 0.0273. The molecule has 0 saturated carbocycles. The van der Waals surface area contributed by atoms with E-state index < -0.39 is 6.10 Å². The van der Waals surface area contributed by atoms with E-state index in [1.54, 1.807) is 7.11 Å². The summed E-state index contributed by atoms with van der Waals surface area (Å²) in [5, 5.41) is 10.5. The van der Waals surface area contributed by atoms with E-state index in [0.717, 1.165) is 44.0 Å². The van der Waals surface area contributed by atoms with Crippen molar-refractivity contribution in [2.75, 3.05) is 39.8 Å². The average molecular weight is 278 g/mol. The van der Waals surface area contributed by atoms with Gasteiger partial charge >= 0.3 is 0 Å². The molecule has 4 heteroatoms. The molecule has 20 heavy (non-hydrogen) atoms. The van der Waals surface area contributed by atoms with Gasteiger partial charge in [0.2, 0.25) is 0 Å². The van der Waals surface area contributed by atoms with Crippen LogP contribution in [0.25, 0.3) is 0 Å². The lowest BCUT2D eigenvalue weighted by Gasteiger charge is -2.39. The summed E-state index contributed by atoms with van der Waals surface area (Å²) < 4.78 is 5.15. The second-order valence-corrected chi connectivity index (χ2v) is 5.43. The minimum atomic E-state index is -0.450. The zero-order valence-electron chi connectivity index (χ0n) is 12.7. The number of methoxy groups -OCH3 is 1. The largest absolute Gasteiger partial charge is 0.497 e. The Morgan fingerprint density at radius 1 is 1.15 bits per heavy atom. The first-order valence-corrected chi connectivity index (χ1v) is 7.44. The van der Waals surface area contributed by atoms with Crippen LogP contribution in [0.5, 0.6) is 5.75 Å². The Balaban J connectivity index is 1.95. The van der Waals surface area contributed by atoms with Gasteiger partial charge in [0.25, 0.3) is 0 Å². The van der Waals surface area contributed by atoms with Gasteiger partial charge in [0.05, 0.1) is 13.2 Å². The summed E-state index contributed by atoms with van der Waals surface area (Å²) in [7, 11) is 1.65. The molecule has 1 N–H and O–H groups in total. The van der Waals surface area contributed by atoms with Gasteiger partial charge in [0.15, 0.2) is 0 Å². The second-order valence-electron chi connectivity index (χ2n) is 5.43. The molecule has 0 amide bonds. The molecule has 1 aliphatic rings. The first-order valence-electron chi connectivity index (χ1n) is 7.44. The zero-order valence-corrected chi connectivity index (χ0v) is 12.7. The lowest BCUT2D eigenvalue weighted by atomic mass is 10.0. The summed E-state index contributed by atoms with van der Waals surface area (Å²) in [5.74, 6) is 0.824. The zero-order chi connectivity index (χ0) is 14.5. The van der Waals surface area contributed by atoms with Gasteiger partial charge in [-0.15, -0.1) is 0 Å². The van der Waals surface area contributed by atoms with E-state index >= 15 is 0 Å². The molecule has 0 aliphatic carbocycles. The lowest BCUT2D eigenvalue weighted by Crippen LogP contribution is -2.50. The van der Waals surface area contributed by atoms with Crippen molar-refractivity contribution in [3.05, 3.63) is 29.8 Å². The standard InChI is InChI=1S/C16H26N2O2/c1-4-17-9-11-18(12-10-17)13(2)16(19)14-5-7-15(20-3)8-6-14/h5-8,13,16,19H,4,9-12H2,1-3H3. The quantitative estimate of drug-likeness (QED) is 0.890. The molecule has 0 spiro atoms. The SMILES string of the molecule is CCN1CCN(C(C)C(O)c2ccc(OC)cc2)CC1. The molecule has 1 aromatic rings. The maximum absolute atomic E-state index is 10.5. The van der Waals surface area contributed by atoms with Crippen LogP contribution in [0.15, 0.2) is 24.3 Å². The fourth-order valence-electron chi connectivity index (χ4n) is 2.77. The summed E-state index contributed by atoms with van der Waals surface area (Å²) in [4.78, 5) is 4.82. The molecular weight excluding hydrogens is 252 g/mol. The van der Waals surface area contributed by atoms with Crippen LogP contribution < -0.4 is 4.74 Å². The second kappa shape index (κ2) is 7.07. The highest BCUT2D eigenvalue weighted by Crippen LogP contribution is 2.23. The van der Waals surface area contributed by atoms with Crippen molar-refractivity contribution < 1.29 is 9.84 Å². The molecule has 0 radical (unpaired) electrons. The molecule has 1 aromatic carbocycles. The minimum absolute atomic E-state index is 0.141. The van der Waals surface area contributed by atoms with Crippen LogP contribution >= 0.6 is 0 Å². The highest BCUT2D eigenvalue weighted by molar-refractivity contribution is 5.29. The first-order chi connectivity index (χ1) is 9.65. The number of likely N-dealkylation sites (N-methyl/N-ethyl adjacent to an activating group) is 1. The van der Waals surface area contributed by atoms with Crippen molar-refractivity contribution in [1.29, 1.82) is 0 Å². The van der Waals surface area contributed by atoms with E-state index in [-0.39, 0.29) is 6.04 Å². The summed E-state index contributed by atoms with van der Waals surface area (Å²) >= 11 is 0. The molecule has 112 valence electrons. The van der Waals surface area contributed by atoms with Crippen LogP contribution in [0.1, 0.15) is 25.5 Å². The number of ether oxygens (including phenoxy) is 1. The van der Waals surface area contributed by atoms with E-state index in [4.69, 9.17) is 4.74 Å². The van der Waals surface area contributed by atoms with Crippen LogP contribution in [-0.4, -0.2) is 60.8 Å². The number of rotatable bonds is 5. The van der Waals surface area contributed by atoms with E-state index in [1.165, 1.54) is 0 Å². The third-order valence-corrected chi connectivity index (χ3v) is 4.34. The maximum atomic E-state index is 10.5. The fraction of sp³-hybridized carbons (Fsp3) is 0.625. The number of nitrogens with zero attached hydrogens (tertiary/aromatic N) is 2. The average Bonchev–Trinajstić information content (AvgIpc) is 2.53. The van der Waals surface area contributed by atoms with E-state index in [2.05, 4.69) is 23.6 Å². The predicted octanol–water partition coefficient (Wildman–Crippen LogP) is 1.75. The Morgan fingerprint density at radius 2 is 1.75 bits per heavy atom. The van der Waals surface area contributed by atoms with E-state index in [1.807, 2.05) is 24.3 Å². The monoisotopic (exact) mass is 278 g/mol.